The van der Waals surface area contributed by atoms with Gasteiger partial charge in [0.15, 0.2) is 6.29 Å². The van der Waals surface area contributed by atoms with Crippen LogP contribution in [0, 0.1) is 11.8 Å². The second-order valence-electron chi connectivity index (χ2n) is 2.10. The van der Waals surface area contributed by atoms with Gasteiger partial charge in [0.05, 0.1) is 16.4 Å². The van der Waals surface area contributed by atoms with Gasteiger partial charge in [0.2, 0.25) is 0 Å². The maximum atomic E-state index is 10.3. The lowest BCUT2D eigenvalue weighted by molar-refractivity contribution is 0.112. The van der Waals surface area contributed by atoms with Crippen molar-refractivity contribution in [1.82, 2.24) is 0 Å². The van der Waals surface area contributed by atoms with Crippen molar-refractivity contribution in [3.63, 3.8) is 0 Å². The van der Waals surface area contributed by atoms with Crippen molar-refractivity contribution in [2.45, 2.75) is 6.42 Å². The third kappa shape index (κ3) is 2.50. The first kappa shape index (κ1) is 8.98. The van der Waals surface area contributed by atoms with Gasteiger partial charge in [-0.15, -0.1) is 11.3 Å². The molecule has 0 aromatic carbocycles. The molecular weight excluding hydrogens is 172 g/mol. The van der Waals surface area contributed by atoms with Gasteiger partial charge in [-0.3, -0.25) is 4.79 Å². The third-order valence-corrected chi connectivity index (χ3v) is 2.12. The summed E-state index contributed by atoms with van der Waals surface area (Å²) in [5.74, 6) is 5.63. The molecule has 0 atom stereocenters. The van der Waals surface area contributed by atoms with Crippen LogP contribution in [0.25, 0.3) is 0 Å². The fourth-order valence-corrected chi connectivity index (χ4v) is 1.39. The standard InChI is InChI=1S/C9H8O2S/c10-6-2-1-3-8-4-5-9(7-11)12-8/h4-5,7,10H,2,6H2. The average Bonchev–Trinajstić information content (AvgIpc) is 2.53. The van der Waals surface area contributed by atoms with Crippen LogP contribution >= 0.6 is 11.3 Å². The van der Waals surface area contributed by atoms with Crippen molar-refractivity contribution in [2.24, 2.45) is 0 Å². The van der Waals surface area contributed by atoms with Crippen molar-refractivity contribution in [1.29, 1.82) is 0 Å². The molecule has 12 heavy (non-hydrogen) atoms. The molecule has 0 aliphatic heterocycles. The van der Waals surface area contributed by atoms with E-state index in [1.54, 1.807) is 12.1 Å². The van der Waals surface area contributed by atoms with Crippen molar-refractivity contribution in [3.8, 4) is 11.8 Å². The summed E-state index contributed by atoms with van der Waals surface area (Å²) < 4.78 is 0. The first-order valence-corrected chi connectivity index (χ1v) is 4.33. The lowest BCUT2D eigenvalue weighted by Gasteiger charge is -1.78. The average molecular weight is 180 g/mol. The second-order valence-corrected chi connectivity index (χ2v) is 3.21. The number of rotatable bonds is 2. The topological polar surface area (TPSA) is 37.3 Å². The monoisotopic (exact) mass is 180 g/mol. The van der Waals surface area contributed by atoms with Crippen LogP contribution in [0.3, 0.4) is 0 Å². The summed E-state index contributed by atoms with van der Waals surface area (Å²) in [6, 6.07) is 3.54. The molecule has 1 rings (SSSR count). The van der Waals surface area contributed by atoms with E-state index in [4.69, 9.17) is 5.11 Å². The van der Waals surface area contributed by atoms with Crippen LogP contribution in [-0.2, 0) is 0 Å². The first-order chi connectivity index (χ1) is 5.86. The fraction of sp³-hybridized carbons (Fsp3) is 0.222. The number of aldehydes is 1. The van der Waals surface area contributed by atoms with Crippen LogP contribution in [0.15, 0.2) is 12.1 Å². The van der Waals surface area contributed by atoms with Gasteiger partial charge in [-0.05, 0) is 12.1 Å². The Bertz CT molecular complexity index is 317. The highest BCUT2D eigenvalue weighted by Gasteiger charge is 1.93. The Labute approximate surface area is 74.9 Å². The van der Waals surface area contributed by atoms with E-state index in [1.165, 1.54) is 11.3 Å². The summed E-state index contributed by atoms with van der Waals surface area (Å²) in [4.78, 5) is 11.8. The molecule has 1 aromatic heterocycles. The van der Waals surface area contributed by atoms with Crippen molar-refractivity contribution >= 4 is 17.6 Å². The van der Waals surface area contributed by atoms with Crippen LogP contribution < -0.4 is 0 Å². The molecule has 0 amide bonds. The predicted octanol–water partition coefficient (Wildman–Crippen LogP) is 1.29. The number of thiophene rings is 1. The summed E-state index contributed by atoms with van der Waals surface area (Å²) in [7, 11) is 0. The molecule has 0 saturated carbocycles. The van der Waals surface area contributed by atoms with Gasteiger partial charge in [0.25, 0.3) is 0 Å². The number of aliphatic hydroxyl groups excluding tert-OH is 1. The number of hydrogen-bond donors (Lipinski definition) is 1. The zero-order valence-electron chi connectivity index (χ0n) is 6.41. The minimum absolute atomic E-state index is 0.0823. The molecule has 3 heteroatoms. The Hall–Kier alpha value is -1.11. The minimum atomic E-state index is 0.0823. The van der Waals surface area contributed by atoms with Gasteiger partial charge >= 0.3 is 0 Å². The van der Waals surface area contributed by atoms with E-state index >= 15 is 0 Å². The highest BCUT2D eigenvalue weighted by molar-refractivity contribution is 7.14. The highest BCUT2D eigenvalue weighted by atomic mass is 32.1. The quantitative estimate of drug-likeness (QED) is 0.550. The van der Waals surface area contributed by atoms with Crippen LogP contribution in [0.2, 0.25) is 0 Å². The summed E-state index contributed by atoms with van der Waals surface area (Å²) in [6.07, 6.45) is 1.29. The van der Waals surface area contributed by atoms with Crippen molar-refractivity contribution in [3.05, 3.63) is 21.9 Å². The summed E-state index contributed by atoms with van der Waals surface area (Å²) in [5, 5.41) is 8.44. The largest absolute Gasteiger partial charge is 0.395 e. The van der Waals surface area contributed by atoms with Crippen LogP contribution in [-0.4, -0.2) is 18.0 Å². The van der Waals surface area contributed by atoms with E-state index in [0.717, 1.165) is 11.2 Å². The van der Waals surface area contributed by atoms with Gasteiger partial charge in [-0.1, -0.05) is 11.8 Å². The second kappa shape index (κ2) is 4.70. The molecule has 1 heterocycles. The Kier molecular flexibility index (Phi) is 3.52. The number of aliphatic hydroxyl groups is 1. The molecule has 0 aliphatic carbocycles. The molecule has 1 aromatic rings. The first-order valence-electron chi connectivity index (χ1n) is 3.51. The zero-order valence-corrected chi connectivity index (χ0v) is 7.23. The van der Waals surface area contributed by atoms with E-state index in [2.05, 4.69) is 11.8 Å². The number of carbonyl (C=O) groups excluding carboxylic acids is 1. The Balaban J connectivity index is 2.65. The molecule has 0 spiro atoms. The summed E-state index contributed by atoms with van der Waals surface area (Å²) in [6.45, 7) is 0.0823. The number of hydrogen-bond acceptors (Lipinski definition) is 3. The van der Waals surface area contributed by atoms with Gasteiger partial charge in [-0.25, -0.2) is 0 Å². The lowest BCUT2D eigenvalue weighted by atomic mass is 10.4. The zero-order chi connectivity index (χ0) is 8.81. The molecular formula is C9H8O2S. The Morgan fingerprint density at radius 1 is 1.58 bits per heavy atom. The third-order valence-electron chi connectivity index (χ3n) is 1.19. The Morgan fingerprint density at radius 2 is 2.42 bits per heavy atom. The van der Waals surface area contributed by atoms with Gasteiger partial charge in [0, 0.05) is 6.42 Å². The molecule has 0 fully saturated rings. The molecule has 62 valence electrons. The number of carbonyl (C=O) groups is 1. The maximum absolute atomic E-state index is 10.3. The van der Waals surface area contributed by atoms with Crippen LogP contribution in [0.4, 0.5) is 0 Å². The molecule has 1 N–H and O–H groups in total. The van der Waals surface area contributed by atoms with Crippen LogP contribution in [0.1, 0.15) is 21.0 Å². The lowest BCUT2D eigenvalue weighted by Crippen LogP contribution is -1.75. The van der Waals surface area contributed by atoms with Gasteiger partial charge in [-0.2, -0.15) is 0 Å². The predicted molar refractivity (Wildman–Crippen MR) is 48.3 cm³/mol. The van der Waals surface area contributed by atoms with E-state index in [1.807, 2.05) is 0 Å². The molecule has 2 nitrogen and oxygen atoms in total. The SMILES string of the molecule is O=Cc1ccc(C#CCCO)s1. The van der Waals surface area contributed by atoms with Gasteiger partial charge in [0.1, 0.15) is 0 Å². The Morgan fingerprint density at radius 3 is 3.00 bits per heavy atom. The normalized spacial score (nSPS) is 8.75. The molecule has 0 unspecified atom stereocenters. The minimum Gasteiger partial charge on any atom is -0.395 e. The van der Waals surface area contributed by atoms with E-state index in [-0.39, 0.29) is 6.61 Å². The molecule has 0 aliphatic rings. The fourth-order valence-electron chi connectivity index (χ4n) is 0.689. The molecule has 0 saturated heterocycles. The van der Waals surface area contributed by atoms with E-state index < -0.39 is 0 Å². The van der Waals surface area contributed by atoms with Crippen molar-refractivity contribution in [2.75, 3.05) is 6.61 Å². The molecule has 0 bridgehead atoms. The van der Waals surface area contributed by atoms with Crippen LogP contribution in [0.5, 0.6) is 0 Å². The summed E-state index contributed by atoms with van der Waals surface area (Å²) in [5.41, 5.74) is 0. The van der Waals surface area contributed by atoms with Gasteiger partial charge < -0.3 is 5.11 Å². The van der Waals surface area contributed by atoms with Crippen molar-refractivity contribution < 1.29 is 9.90 Å². The molecule has 0 radical (unpaired) electrons. The smallest absolute Gasteiger partial charge is 0.160 e. The van der Waals surface area contributed by atoms with E-state index in [9.17, 15) is 4.79 Å². The summed E-state index contributed by atoms with van der Waals surface area (Å²) >= 11 is 1.36. The highest BCUT2D eigenvalue weighted by Crippen LogP contribution is 2.12. The van der Waals surface area contributed by atoms with E-state index in [0.29, 0.717) is 11.3 Å². The maximum Gasteiger partial charge on any atom is 0.160 e.